The van der Waals surface area contributed by atoms with Gasteiger partial charge in [-0.3, -0.25) is 21.4 Å². The van der Waals surface area contributed by atoms with Gasteiger partial charge in [0.1, 0.15) is 0 Å². The Hall–Kier alpha value is -1.46. The maximum Gasteiger partial charge on any atom is 0.269 e. The second kappa shape index (κ2) is 2.81. The number of benzene rings is 1. The summed E-state index contributed by atoms with van der Waals surface area (Å²) < 4.78 is 0. The average Bonchev–Trinajstić information content (AvgIpc) is 2.15. The van der Waals surface area contributed by atoms with Crippen LogP contribution in [0.15, 0.2) is 24.3 Å². The molecule has 4 rings (SSSR count). The van der Waals surface area contributed by atoms with Crippen molar-refractivity contribution in [1.82, 2.24) is 5.43 Å². The molecule has 0 saturated heterocycles. The molecule has 3 aliphatic rings. The van der Waals surface area contributed by atoms with Crippen molar-refractivity contribution in [3.8, 4) is 0 Å². The summed E-state index contributed by atoms with van der Waals surface area (Å²) in [6.45, 7) is 0. The lowest BCUT2D eigenvalue weighted by Crippen LogP contribution is -2.77. The van der Waals surface area contributed by atoms with Crippen LogP contribution in [0.25, 0.3) is 0 Å². The first-order valence-corrected chi connectivity index (χ1v) is 5.32. The summed E-state index contributed by atoms with van der Waals surface area (Å²) in [5.74, 6) is 5.46. The summed E-state index contributed by atoms with van der Waals surface area (Å²) in [6.07, 6.45) is 2.99. The number of rotatable bonds is 3. The van der Waals surface area contributed by atoms with E-state index in [0.29, 0.717) is 0 Å². The fourth-order valence-electron chi connectivity index (χ4n) is 3.20. The topological polar surface area (TPSA) is 81.2 Å². The van der Waals surface area contributed by atoms with Gasteiger partial charge in [-0.05, 0) is 24.8 Å². The van der Waals surface area contributed by atoms with Crippen molar-refractivity contribution in [3.05, 3.63) is 39.9 Å². The smallest absolute Gasteiger partial charge is 0.269 e. The molecular weight excluding hydrogens is 206 g/mol. The molecule has 3 aliphatic carbocycles. The van der Waals surface area contributed by atoms with Crippen molar-refractivity contribution in [2.75, 3.05) is 0 Å². The molecule has 1 aromatic carbocycles. The average molecular weight is 219 g/mol. The second-order valence-electron chi connectivity index (χ2n) is 5.04. The van der Waals surface area contributed by atoms with E-state index in [-0.39, 0.29) is 21.6 Å². The molecule has 5 nitrogen and oxygen atoms in total. The van der Waals surface area contributed by atoms with Gasteiger partial charge < -0.3 is 0 Å². The predicted octanol–water partition coefficient (Wildman–Crippen LogP) is 1.23. The van der Waals surface area contributed by atoms with Gasteiger partial charge in [0.2, 0.25) is 0 Å². The Balaban J connectivity index is 1.87. The largest absolute Gasteiger partial charge is 0.271 e. The zero-order valence-corrected chi connectivity index (χ0v) is 8.77. The number of hydrogen-bond donors (Lipinski definition) is 2. The number of hydrazine groups is 1. The van der Waals surface area contributed by atoms with E-state index in [2.05, 4.69) is 5.43 Å². The molecule has 3 saturated carbocycles. The van der Waals surface area contributed by atoms with Crippen molar-refractivity contribution in [3.63, 3.8) is 0 Å². The fourth-order valence-corrected chi connectivity index (χ4v) is 3.20. The molecular formula is C11H13N3O2. The standard InChI is InChI=1S/C11H13N3O2/c12-13-11-5-10(6-11,7-11)8-2-1-3-9(4-8)14(15)16/h1-4,13H,5-7,12H2. The molecule has 0 spiro atoms. The van der Waals surface area contributed by atoms with Crippen LogP contribution in [-0.4, -0.2) is 10.5 Å². The first kappa shape index (κ1) is 9.74. The summed E-state index contributed by atoms with van der Waals surface area (Å²) in [6, 6.07) is 6.97. The number of nitro benzene ring substituents is 1. The summed E-state index contributed by atoms with van der Waals surface area (Å²) in [7, 11) is 0. The number of nitro groups is 1. The van der Waals surface area contributed by atoms with Gasteiger partial charge in [0, 0.05) is 23.1 Å². The number of nitrogens with zero attached hydrogens (tertiary/aromatic N) is 1. The Labute approximate surface area is 92.8 Å². The first-order valence-electron chi connectivity index (χ1n) is 5.32. The lowest BCUT2D eigenvalue weighted by atomic mass is 9.37. The highest BCUT2D eigenvalue weighted by Crippen LogP contribution is 2.67. The zero-order chi connectivity index (χ0) is 11.4. The lowest BCUT2D eigenvalue weighted by molar-refractivity contribution is -0.385. The molecule has 5 heteroatoms. The number of hydrogen-bond acceptors (Lipinski definition) is 4. The maximum atomic E-state index is 10.7. The van der Waals surface area contributed by atoms with E-state index in [1.165, 1.54) is 6.07 Å². The molecule has 0 aromatic heterocycles. The monoisotopic (exact) mass is 219 g/mol. The minimum absolute atomic E-state index is 0.116. The predicted molar refractivity (Wildman–Crippen MR) is 58.7 cm³/mol. The van der Waals surface area contributed by atoms with Gasteiger partial charge in [-0.25, -0.2) is 0 Å². The van der Waals surface area contributed by atoms with Crippen molar-refractivity contribution in [2.45, 2.75) is 30.2 Å². The van der Waals surface area contributed by atoms with Gasteiger partial charge in [0.25, 0.3) is 5.69 Å². The van der Waals surface area contributed by atoms with Gasteiger partial charge >= 0.3 is 0 Å². The Morgan fingerprint density at radius 1 is 1.38 bits per heavy atom. The van der Waals surface area contributed by atoms with Gasteiger partial charge in [-0.15, -0.1) is 0 Å². The van der Waals surface area contributed by atoms with E-state index < -0.39 is 0 Å². The minimum Gasteiger partial charge on any atom is -0.271 e. The number of nitrogens with one attached hydrogen (secondary N) is 1. The van der Waals surface area contributed by atoms with E-state index in [0.717, 1.165) is 24.8 Å². The second-order valence-corrected chi connectivity index (χ2v) is 5.04. The number of nitrogens with two attached hydrogens (primary N) is 1. The SMILES string of the molecule is NNC12CC(c3cccc([N+](=O)[O-])c3)(C1)C2. The number of non-ortho nitro benzene ring substituents is 1. The van der Waals surface area contributed by atoms with Crippen molar-refractivity contribution in [1.29, 1.82) is 0 Å². The van der Waals surface area contributed by atoms with E-state index in [1.54, 1.807) is 12.1 Å². The van der Waals surface area contributed by atoms with Gasteiger partial charge in [-0.1, -0.05) is 12.1 Å². The van der Waals surface area contributed by atoms with E-state index in [9.17, 15) is 10.1 Å². The van der Waals surface area contributed by atoms with Crippen LogP contribution in [0.4, 0.5) is 5.69 Å². The molecule has 3 fully saturated rings. The molecule has 1 aromatic rings. The maximum absolute atomic E-state index is 10.7. The Morgan fingerprint density at radius 3 is 2.62 bits per heavy atom. The van der Waals surface area contributed by atoms with Crippen molar-refractivity contribution in [2.24, 2.45) is 5.84 Å². The Kier molecular flexibility index (Phi) is 1.71. The molecule has 3 N–H and O–H groups in total. The van der Waals surface area contributed by atoms with Gasteiger partial charge in [0.05, 0.1) is 4.92 Å². The van der Waals surface area contributed by atoms with Crippen LogP contribution in [0.5, 0.6) is 0 Å². The molecule has 0 atom stereocenters. The van der Waals surface area contributed by atoms with Crippen LogP contribution in [0.3, 0.4) is 0 Å². The van der Waals surface area contributed by atoms with E-state index in [1.807, 2.05) is 6.07 Å². The summed E-state index contributed by atoms with van der Waals surface area (Å²) in [5, 5.41) is 10.7. The highest BCUT2D eigenvalue weighted by molar-refractivity contribution is 5.46. The molecule has 16 heavy (non-hydrogen) atoms. The molecule has 0 aliphatic heterocycles. The third-order valence-corrected chi connectivity index (χ3v) is 4.01. The lowest BCUT2D eigenvalue weighted by Gasteiger charge is -2.70. The summed E-state index contributed by atoms with van der Waals surface area (Å²) in [4.78, 5) is 10.4. The molecule has 2 bridgehead atoms. The normalized spacial score (nSPS) is 35.1. The van der Waals surface area contributed by atoms with Crippen LogP contribution in [0.1, 0.15) is 24.8 Å². The third-order valence-electron chi connectivity index (χ3n) is 4.01. The Morgan fingerprint density at radius 2 is 2.06 bits per heavy atom. The third kappa shape index (κ3) is 1.07. The van der Waals surface area contributed by atoms with Crippen molar-refractivity contribution >= 4 is 5.69 Å². The fraction of sp³-hybridized carbons (Fsp3) is 0.455. The highest BCUT2D eigenvalue weighted by Gasteiger charge is 2.68. The van der Waals surface area contributed by atoms with Crippen LogP contribution in [0.2, 0.25) is 0 Å². The van der Waals surface area contributed by atoms with Crippen LogP contribution in [0, 0.1) is 10.1 Å². The van der Waals surface area contributed by atoms with Crippen LogP contribution in [-0.2, 0) is 5.41 Å². The summed E-state index contributed by atoms with van der Waals surface area (Å²) in [5.41, 5.74) is 4.37. The summed E-state index contributed by atoms with van der Waals surface area (Å²) >= 11 is 0. The van der Waals surface area contributed by atoms with Crippen LogP contribution >= 0.6 is 0 Å². The quantitative estimate of drug-likeness (QED) is 0.455. The zero-order valence-electron chi connectivity index (χ0n) is 8.77. The molecule has 0 amide bonds. The minimum atomic E-state index is -0.341. The first-order chi connectivity index (χ1) is 7.59. The molecule has 0 radical (unpaired) electrons. The van der Waals surface area contributed by atoms with E-state index >= 15 is 0 Å². The molecule has 84 valence electrons. The van der Waals surface area contributed by atoms with Gasteiger partial charge in [-0.2, -0.15) is 0 Å². The highest BCUT2D eigenvalue weighted by atomic mass is 16.6. The Bertz CT molecular complexity index is 452. The van der Waals surface area contributed by atoms with Crippen LogP contribution < -0.4 is 11.3 Å². The van der Waals surface area contributed by atoms with Crippen molar-refractivity contribution < 1.29 is 4.92 Å². The van der Waals surface area contributed by atoms with Gasteiger partial charge in [0.15, 0.2) is 0 Å². The van der Waals surface area contributed by atoms with E-state index in [4.69, 9.17) is 5.84 Å². The molecule has 0 unspecified atom stereocenters. The molecule has 0 heterocycles.